The molecular formula is C28H25N5O. The van der Waals surface area contributed by atoms with Crippen LogP contribution in [0.15, 0.2) is 89.9 Å². The Balaban J connectivity index is 1.46. The average Bonchev–Trinajstić information content (AvgIpc) is 3.53. The van der Waals surface area contributed by atoms with Crippen LogP contribution in [-0.4, -0.2) is 44.8 Å². The third kappa shape index (κ3) is 3.44. The maximum atomic E-state index is 10.3. The molecule has 1 saturated heterocycles. The van der Waals surface area contributed by atoms with Crippen molar-refractivity contribution in [2.45, 2.75) is 13.0 Å². The number of aliphatic hydroxyl groups is 1. The fourth-order valence-electron chi connectivity index (χ4n) is 4.63. The molecule has 34 heavy (non-hydrogen) atoms. The predicted octanol–water partition coefficient (Wildman–Crippen LogP) is 5.15. The van der Waals surface area contributed by atoms with Gasteiger partial charge >= 0.3 is 0 Å². The van der Waals surface area contributed by atoms with Crippen molar-refractivity contribution in [1.82, 2.24) is 14.9 Å². The number of benzene rings is 2. The van der Waals surface area contributed by atoms with Crippen molar-refractivity contribution < 1.29 is 5.11 Å². The summed E-state index contributed by atoms with van der Waals surface area (Å²) in [5, 5.41) is 11.4. The first-order valence-corrected chi connectivity index (χ1v) is 11.5. The standard InChI is InChI=1S/C28H25N5O/c1-2-30-28(21-12-17(9-10-22(21)29)18-13-27(34)26-16-33(26)15-18)25-14-20-19(6-5-8-24(20)32-25)23-7-3-4-11-31-23/h3-15,26,32,34H,2,16,29H2,1H3. The van der Waals surface area contributed by atoms with Gasteiger partial charge in [-0.2, -0.15) is 0 Å². The van der Waals surface area contributed by atoms with Crippen LogP contribution in [0.1, 0.15) is 23.7 Å². The minimum absolute atomic E-state index is 0.147. The van der Waals surface area contributed by atoms with E-state index in [2.05, 4.69) is 45.3 Å². The Labute approximate surface area is 197 Å². The van der Waals surface area contributed by atoms with E-state index in [-0.39, 0.29) is 6.04 Å². The van der Waals surface area contributed by atoms with Gasteiger partial charge in [0.1, 0.15) is 11.8 Å². The van der Waals surface area contributed by atoms with E-state index in [1.807, 2.05) is 55.6 Å². The number of nitrogens with one attached hydrogen (secondary N) is 1. The van der Waals surface area contributed by atoms with Crippen LogP contribution in [-0.2, 0) is 0 Å². The number of H-pyrrole nitrogens is 1. The van der Waals surface area contributed by atoms with Gasteiger partial charge in [0.2, 0.25) is 0 Å². The molecule has 6 nitrogen and oxygen atoms in total. The quantitative estimate of drug-likeness (QED) is 0.224. The number of anilines is 1. The van der Waals surface area contributed by atoms with Gasteiger partial charge in [-0.3, -0.25) is 9.98 Å². The van der Waals surface area contributed by atoms with Gasteiger partial charge in [0.05, 0.1) is 17.1 Å². The molecule has 1 atom stereocenters. The van der Waals surface area contributed by atoms with Gasteiger partial charge in [0.25, 0.3) is 0 Å². The molecule has 6 heteroatoms. The number of hydrogen-bond donors (Lipinski definition) is 3. The summed E-state index contributed by atoms with van der Waals surface area (Å²) in [5.74, 6) is 0.413. The number of aromatic amines is 1. The SMILES string of the molecule is CCN=C(c1cc2c(-c3ccccn3)cccc2[nH]1)c1cc(C2=CN3CC3C(O)=C2)ccc1N. The molecule has 0 aliphatic carbocycles. The second-order valence-electron chi connectivity index (χ2n) is 8.66. The van der Waals surface area contributed by atoms with Crippen LogP contribution in [0.3, 0.4) is 0 Å². The number of nitrogen functional groups attached to an aromatic ring is 1. The van der Waals surface area contributed by atoms with E-state index in [4.69, 9.17) is 10.7 Å². The van der Waals surface area contributed by atoms with E-state index in [1.165, 1.54) is 0 Å². The number of pyridine rings is 1. The third-order valence-corrected chi connectivity index (χ3v) is 6.42. The second kappa shape index (κ2) is 7.92. The first-order valence-electron chi connectivity index (χ1n) is 11.5. The van der Waals surface area contributed by atoms with Crippen molar-refractivity contribution in [2.24, 2.45) is 4.99 Å². The van der Waals surface area contributed by atoms with Gasteiger partial charge < -0.3 is 20.7 Å². The van der Waals surface area contributed by atoms with Crippen molar-refractivity contribution in [3.63, 3.8) is 0 Å². The largest absolute Gasteiger partial charge is 0.510 e. The molecule has 4 aromatic rings. The Bertz CT molecular complexity index is 1500. The highest BCUT2D eigenvalue weighted by atomic mass is 16.3. The molecule has 0 saturated carbocycles. The minimum Gasteiger partial charge on any atom is -0.510 e. The molecule has 2 aromatic heterocycles. The maximum absolute atomic E-state index is 10.3. The lowest BCUT2D eigenvalue weighted by molar-refractivity contribution is 0.380. The van der Waals surface area contributed by atoms with Crippen molar-refractivity contribution in [3.05, 3.63) is 102 Å². The van der Waals surface area contributed by atoms with Crippen molar-refractivity contribution in [1.29, 1.82) is 0 Å². The van der Waals surface area contributed by atoms with Gasteiger partial charge in [-0.15, -0.1) is 0 Å². The lowest BCUT2D eigenvalue weighted by Gasteiger charge is -2.14. The first kappa shape index (κ1) is 20.3. The third-order valence-electron chi connectivity index (χ3n) is 6.42. The maximum Gasteiger partial charge on any atom is 0.117 e. The van der Waals surface area contributed by atoms with E-state index >= 15 is 0 Å². The summed E-state index contributed by atoms with van der Waals surface area (Å²) in [5.41, 5.74) is 14.7. The summed E-state index contributed by atoms with van der Waals surface area (Å²) in [6, 6.07) is 20.4. The number of allylic oxidation sites excluding steroid dienone is 2. The summed E-state index contributed by atoms with van der Waals surface area (Å²) in [6.45, 7) is 3.51. The van der Waals surface area contributed by atoms with Crippen LogP contribution >= 0.6 is 0 Å². The van der Waals surface area contributed by atoms with E-state index in [0.717, 1.165) is 56.8 Å². The molecule has 0 amide bonds. The molecule has 1 fully saturated rings. The van der Waals surface area contributed by atoms with Crippen LogP contribution in [0.5, 0.6) is 0 Å². The molecule has 6 rings (SSSR count). The van der Waals surface area contributed by atoms with Gasteiger partial charge in [-0.25, -0.2) is 0 Å². The molecule has 2 aliphatic heterocycles. The molecular weight excluding hydrogens is 422 g/mol. The molecule has 0 bridgehead atoms. The zero-order chi connectivity index (χ0) is 23.2. The van der Waals surface area contributed by atoms with Gasteiger partial charge in [-0.05, 0) is 55.0 Å². The van der Waals surface area contributed by atoms with Crippen molar-refractivity contribution >= 4 is 27.9 Å². The van der Waals surface area contributed by atoms with E-state index in [9.17, 15) is 5.11 Å². The Kier molecular flexibility index (Phi) is 4.73. The van der Waals surface area contributed by atoms with Crippen LogP contribution in [0.2, 0.25) is 0 Å². The lowest BCUT2D eigenvalue weighted by atomic mass is 9.97. The summed E-state index contributed by atoms with van der Waals surface area (Å²) in [6.07, 6.45) is 5.76. The number of aromatic nitrogens is 2. The number of fused-ring (bicyclic) bond motifs is 2. The molecule has 4 heterocycles. The number of aliphatic hydroxyl groups excluding tert-OH is 1. The normalized spacial score (nSPS) is 17.4. The fraction of sp³-hybridized carbons (Fsp3) is 0.143. The highest BCUT2D eigenvalue weighted by molar-refractivity contribution is 6.17. The zero-order valence-electron chi connectivity index (χ0n) is 18.9. The molecule has 1 unspecified atom stereocenters. The molecule has 4 N–H and O–H groups in total. The Hall–Kier alpha value is -4.32. The Morgan fingerprint density at radius 2 is 2.09 bits per heavy atom. The highest BCUT2D eigenvalue weighted by Gasteiger charge is 2.38. The van der Waals surface area contributed by atoms with Gasteiger partial charge in [0.15, 0.2) is 0 Å². The van der Waals surface area contributed by atoms with Crippen LogP contribution < -0.4 is 5.73 Å². The topological polar surface area (TPSA) is 90.3 Å². The van der Waals surface area contributed by atoms with Crippen LogP contribution in [0.4, 0.5) is 5.69 Å². The predicted molar refractivity (Wildman–Crippen MR) is 138 cm³/mol. The summed E-state index contributed by atoms with van der Waals surface area (Å²) < 4.78 is 0. The smallest absolute Gasteiger partial charge is 0.117 e. The molecule has 0 radical (unpaired) electrons. The molecule has 2 aliphatic rings. The monoisotopic (exact) mass is 447 g/mol. The molecule has 2 aromatic carbocycles. The summed E-state index contributed by atoms with van der Waals surface area (Å²) in [4.78, 5) is 15.1. The number of rotatable bonds is 5. The number of hydrogen-bond acceptors (Lipinski definition) is 5. The van der Waals surface area contributed by atoms with Gasteiger partial charge in [-0.1, -0.05) is 24.3 Å². The number of aliphatic imine (C=N–C) groups is 1. The Morgan fingerprint density at radius 3 is 2.88 bits per heavy atom. The van der Waals surface area contributed by atoms with E-state index in [1.54, 1.807) is 0 Å². The van der Waals surface area contributed by atoms with E-state index in [0.29, 0.717) is 18.0 Å². The fourth-order valence-corrected chi connectivity index (χ4v) is 4.63. The average molecular weight is 448 g/mol. The van der Waals surface area contributed by atoms with Crippen molar-refractivity contribution in [2.75, 3.05) is 18.8 Å². The van der Waals surface area contributed by atoms with Crippen molar-refractivity contribution in [3.8, 4) is 11.3 Å². The second-order valence-corrected chi connectivity index (χ2v) is 8.66. The Morgan fingerprint density at radius 1 is 1.18 bits per heavy atom. The lowest BCUT2D eigenvalue weighted by Crippen LogP contribution is -2.10. The molecule has 168 valence electrons. The highest BCUT2D eigenvalue weighted by Crippen LogP contribution is 2.35. The first-order chi connectivity index (χ1) is 16.6. The van der Waals surface area contributed by atoms with Crippen LogP contribution in [0, 0.1) is 0 Å². The molecule has 0 spiro atoms. The number of nitrogens with two attached hydrogens (primary N) is 1. The number of nitrogens with zero attached hydrogens (tertiary/aromatic N) is 3. The summed E-state index contributed by atoms with van der Waals surface area (Å²) in [7, 11) is 0. The van der Waals surface area contributed by atoms with Gasteiger partial charge in [0, 0.05) is 58.8 Å². The zero-order valence-corrected chi connectivity index (χ0v) is 18.9. The minimum atomic E-state index is 0.147. The van der Waals surface area contributed by atoms with E-state index < -0.39 is 0 Å². The summed E-state index contributed by atoms with van der Waals surface area (Å²) >= 11 is 0. The van der Waals surface area contributed by atoms with Crippen LogP contribution in [0.25, 0.3) is 27.7 Å².